The molecule has 1 N–H and O–H groups in total. The summed E-state index contributed by atoms with van der Waals surface area (Å²) in [5.41, 5.74) is -1.17. The monoisotopic (exact) mass is 209 g/mol. The van der Waals surface area contributed by atoms with Gasteiger partial charge in [0, 0.05) is 6.20 Å². The molecule has 0 amide bonds. The molecule has 0 aliphatic heterocycles. The van der Waals surface area contributed by atoms with E-state index < -0.39 is 11.6 Å². The standard InChI is InChI=1S/C11H15NO3/c1-3-6-11(2,10(13)14)15-9-5-4-7-12-8-9/h4-5,7-8H,3,6H2,1-2H3,(H,13,14). The molecule has 0 bridgehead atoms. The van der Waals surface area contributed by atoms with Gasteiger partial charge in [-0.1, -0.05) is 13.3 Å². The van der Waals surface area contributed by atoms with Crippen LogP contribution in [0.3, 0.4) is 0 Å². The van der Waals surface area contributed by atoms with Crippen molar-refractivity contribution in [2.75, 3.05) is 0 Å². The molecule has 0 fully saturated rings. The maximum atomic E-state index is 11.1. The van der Waals surface area contributed by atoms with Crippen molar-refractivity contribution in [2.45, 2.75) is 32.3 Å². The maximum absolute atomic E-state index is 11.1. The van der Waals surface area contributed by atoms with Crippen molar-refractivity contribution >= 4 is 5.97 Å². The second kappa shape index (κ2) is 4.77. The fraction of sp³-hybridized carbons (Fsp3) is 0.455. The van der Waals surface area contributed by atoms with E-state index in [4.69, 9.17) is 9.84 Å². The number of carboxylic acids is 1. The quantitative estimate of drug-likeness (QED) is 0.806. The minimum absolute atomic E-state index is 0.469. The van der Waals surface area contributed by atoms with Gasteiger partial charge in [0.25, 0.3) is 0 Å². The van der Waals surface area contributed by atoms with Crippen molar-refractivity contribution in [1.82, 2.24) is 4.98 Å². The summed E-state index contributed by atoms with van der Waals surface area (Å²) in [6.07, 6.45) is 4.35. The minimum Gasteiger partial charge on any atom is -0.478 e. The highest BCUT2D eigenvalue weighted by Crippen LogP contribution is 2.21. The minimum atomic E-state index is -1.17. The zero-order valence-electron chi connectivity index (χ0n) is 8.93. The molecule has 1 atom stereocenters. The molecule has 0 aromatic carbocycles. The van der Waals surface area contributed by atoms with Crippen LogP contribution >= 0.6 is 0 Å². The summed E-state index contributed by atoms with van der Waals surface area (Å²) in [7, 11) is 0. The van der Waals surface area contributed by atoms with Gasteiger partial charge in [-0.15, -0.1) is 0 Å². The van der Waals surface area contributed by atoms with Gasteiger partial charge in [-0.05, 0) is 25.5 Å². The molecule has 0 saturated heterocycles. The van der Waals surface area contributed by atoms with Gasteiger partial charge in [0.2, 0.25) is 5.60 Å². The largest absolute Gasteiger partial charge is 0.478 e. The van der Waals surface area contributed by atoms with Crippen LogP contribution in [-0.4, -0.2) is 21.7 Å². The lowest BCUT2D eigenvalue weighted by Gasteiger charge is -2.25. The van der Waals surface area contributed by atoms with Crippen molar-refractivity contribution in [2.24, 2.45) is 0 Å². The number of nitrogens with zero attached hydrogens (tertiary/aromatic N) is 1. The number of carbonyl (C=O) groups is 1. The Bertz CT molecular complexity index is 326. The van der Waals surface area contributed by atoms with Gasteiger partial charge in [-0.25, -0.2) is 4.79 Å². The zero-order valence-corrected chi connectivity index (χ0v) is 8.93. The van der Waals surface area contributed by atoms with Gasteiger partial charge in [0.1, 0.15) is 5.75 Å². The molecular formula is C11H15NO3. The molecule has 0 radical (unpaired) electrons. The molecule has 0 aliphatic carbocycles. The molecule has 1 heterocycles. The first-order chi connectivity index (χ1) is 7.08. The Hall–Kier alpha value is -1.58. The molecule has 1 aromatic rings. The Kier molecular flexibility index (Phi) is 3.66. The third kappa shape index (κ3) is 2.94. The number of carboxylic acid groups (broad SMARTS) is 1. The first-order valence-corrected chi connectivity index (χ1v) is 4.91. The predicted octanol–water partition coefficient (Wildman–Crippen LogP) is 2.10. The molecule has 4 nitrogen and oxygen atoms in total. The van der Waals surface area contributed by atoms with E-state index in [0.29, 0.717) is 12.2 Å². The second-order valence-corrected chi connectivity index (χ2v) is 3.58. The number of aromatic nitrogens is 1. The van der Waals surface area contributed by atoms with E-state index in [9.17, 15) is 4.79 Å². The van der Waals surface area contributed by atoms with E-state index in [0.717, 1.165) is 6.42 Å². The highest BCUT2D eigenvalue weighted by Gasteiger charge is 2.34. The summed E-state index contributed by atoms with van der Waals surface area (Å²) in [4.78, 5) is 14.9. The third-order valence-electron chi connectivity index (χ3n) is 2.16. The van der Waals surface area contributed by atoms with Crippen molar-refractivity contribution in [3.63, 3.8) is 0 Å². The van der Waals surface area contributed by atoms with Crippen LogP contribution in [0.4, 0.5) is 0 Å². The predicted molar refractivity (Wildman–Crippen MR) is 55.8 cm³/mol. The first-order valence-electron chi connectivity index (χ1n) is 4.91. The number of pyridine rings is 1. The summed E-state index contributed by atoms with van der Waals surface area (Å²) < 4.78 is 5.44. The van der Waals surface area contributed by atoms with Gasteiger partial charge in [-0.3, -0.25) is 4.98 Å². The van der Waals surface area contributed by atoms with Gasteiger partial charge in [0.05, 0.1) is 6.20 Å². The molecule has 82 valence electrons. The topological polar surface area (TPSA) is 59.4 Å². The molecule has 1 unspecified atom stereocenters. The van der Waals surface area contributed by atoms with Crippen LogP contribution in [0.1, 0.15) is 26.7 Å². The van der Waals surface area contributed by atoms with Crippen LogP contribution in [0.2, 0.25) is 0 Å². The molecule has 0 aliphatic rings. The third-order valence-corrected chi connectivity index (χ3v) is 2.16. The van der Waals surface area contributed by atoms with Crippen LogP contribution in [0.15, 0.2) is 24.5 Å². The number of rotatable bonds is 5. The van der Waals surface area contributed by atoms with Gasteiger partial charge in [0.15, 0.2) is 0 Å². The van der Waals surface area contributed by atoms with Crippen molar-refractivity contribution in [3.8, 4) is 5.75 Å². The smallest absolute Gasteiger partial charge is 0.347 e. The highest BCUT2D eigenvalue weighted by molar-refractivity contribution is 5.77. The molecule has 1 aromatic heterocycles. The lowest BCUT2D eigenvalue weighted by atomic mass is 10.0. The molecule has 1 rings (SSSR count). The van der Waals surface area contributed by atoms with Gasteiger partial charge in [-0.2, -0.15) is 0 Å². The van der Waals surface area contributed by atoms with Gasteiger partial charge >= 0.3 is 5.97 Å². The zero-order chi connectivity index (χ0) is 11.3. The SMILES string of the molecule is CCCC(C)(Oc1cccnc1)C(=O)O. The van der Waals surface area contributed by atoms with Crippen LogP contribution in [0.25, 0.3) is 0 Å². The summed E-state index contributed by atoms with van der Waals surface area (Å²) in [5, 5.41) is 9.08. The Morgan fingerprint density at radius 3 is 2.87 bits per heavy atom. The fourth-order valence-corrected chi connectivity index (χ4v) is 1.35. The molecule has 0 spiro atoms. The first kappa shape index (κ1) is 11.5. The molecule has 4 heteroatoms. The van der Waals surface area contributed by atoms with Crippen molar-refractivity contribution in [3.05, 3.63) is 24.5 Å². The lowest BCUT2D eigenvalue weighted by molar-refractivity contribution is -0.154. The van der Waals surface area contributed by atoms with E-state index in [1.807, 2.05) is 6.92 Å². The second-order valence-electron chi connectivity index (χ2n) is 3.58. The number of hydrogen-bond donors (Lipinski definition) is 1. The summed E-state index contributed by atoms with van der Waals surface area (Å²) in [5.74, 6) is -0.468. The van der Waals surface area contributed by atoms with Gasteiger partial charge < -0.3 is 9.84 Å². The summed E-state index contributed by atoms with van der Waals surface area (Å²) >= 11 is 0. The number of ether oxygens (including phenoxy) is 1. The number of aliphatic carboxylic acids is 1. The Balaban J connectivity index is 2.80. The van der Waals surface area contributed by atoms with Crippen LogP contribution in [-0.2, 0) is 4.79 Å². The highest BCUT2D eigenvalue weighted by atomic mass is 16.5. The van der Waals surface area contributed by atoms with Crippen molar-refractivity contribution < 1.29 is 14.6 Å². The normalized spacial score (nSPS) is 14.3. The van der Waals surface area contributed by atoms with E-state index in [-0.39, 0.29) is 0 Å². The molecule has 15 heavy (non-hydrogen) atoms. The fourth-order valence-electron chi connectivity index (χ4n) is 1.35. The molecule has 0 saturated carbocycles. The van der Waals surface area contributed by atoms with Crippen LogP contribution in [0, 0.1) is 0 Å². The summed E-state index contributed by atoms with van der Waals surface area (Å²) in [6, 6.07) is 3.41. The lowest BCUT2D eigenvalue weighted by Crippen LogP contribution is -2.41. The van der Waals surface area contributed by atoms with Crippen LogP contribution in [0.5, 0.6) is 5.75 Å². The Morgan fingerprint density at radius 2 is 2.40 bits per heavy atom. The van der Waals surface area contributed by atoms with E-state index in [1.54, 1.807) is 25.3 Å². The van der Waals surface area contributed by atoms with Crippen molar-refractivity contribution in [1.29, 1.82) is 0 Å². The summed E-state index contributed by atoms with van der Waals surface area (Å²) in [6.45, 7) is 3.50. The Labute approximate surface area is 88.9 Å². The van der Waals surface area contributed by atoms with E-state index in [2.05, 4.69) is 4.98 Å². The number of hydrogen-bond acceptors (Lipinski definition) is 3. The average Bonchev–Trinajstić information content (AvgIpc) is 2.19. The van der Waals surface area contributed by atoms with E-state index in [1.165, 1.54) is 6.20 Å². The van der Waals surface area contributed by atoms with Crippen LogP contribution < -0.4 is 4.74 Å². The maximum Gasteiger partial charge on any atom is 0.347 e. The average molecular weight is 209 g/mol. The van der Waals surface area contributed by atoms with E-state index >= 15 is 0 Å². The molecular weight excluding hydrogens is 194 g/mol. The Morgan fingerprint density at radius 1 is 1.67 bits per heavy atom.